The molecule has 1 aromatic rings. The number of fused-ring (bicyclic) bond motifs is 1. The van der Waals surface area contributed by atoms with Crippen molar-refractivity contribution < 1.29 is 8.42 Å². The van der Waals surface area contributed by atoms with Gasteiger partial charge in [0.15, 0.2) is 9.84 Å². The van der Waals surface area contributed by atoms with Crippen molar-refractivity contribution in [1.82, 2.24) is 15.1 Å². The molecule has 0 saturated carbocycles. The Kier molecular flexibility index (Phi) is 3.75. The van der Waals surface area contributed by atoms with Crippen LogP contribution in [-0.4, -0.2) is 35.7 Å². The van der Waals surface area contributed by atoms with Crippen LogP contribution >= 0.6 is 0 Å². The van der Waals surface area contributed by atoms with Crippen molar-refractivity contribution in [3.63, 3.8) is 0 Å². The fourth-order valence-electron chi connectivity index (χ4n) is 2.42. The summed E-state index contributed by atoms with van der Waals surface area (Å²) in [6.07, 6.45) is 6.41. The highest BCUT2D eigenvalue weighted by molar-refractivity contribution is 7.92. The smallest absolute Gasteiger partial charge is 0.153 e. The van der Waals surface area contributed by atoms with Gasteiger partial charge in [-0.25, -0.2) is 8.42 Å². The predicted molar refractivity (Wildman–Crippen MR) is 75.8 cm³/mol. The first-order valence-corrected chi connectivity index (χ1v) is 8.55. The number of aromatic nitrogens is 2. The lowest BCUT2D eigenvalue weighted by Gasteiger charge is -2.29. The van der Waals surface area contributed by atoms with Gasteiger partial charge >= 0.3 is 0 Å². The van der Waals surface area contributed by atoms with Crippen LogP contribution in [0.3, 0.4) is 0 Å². The van der Waals surface area contributed by atoms with E-state index in [0.29, 0.717) is 6.54 Å². The van der Waals surface area contributed by atoms with Crippen LogP contribution in [0.25, 0.3) is 0 Å². The van der Waals surface area contributed by atoms with Crippen molar-refractivity contribution in [3.8, 4) is 0 Å². The second-order valence-corrected chi connectivity index (χ2v) is 8.68. The van der Waals surface area contributed by atoms with Crippen LogP contribution < -0.4 is 5.32 Å². The molecule has 1 aliphatic rings. The van der Waals surface area contributed by atoms with Crippen molar-refractivity contribution in [2.45, 2.75) is 43.9 Å². The molecule has 5 nitrogen and oxygen atoms in total. The molecule has 1 unspecified atom stereocenters. The van der Waals surface area contributed by atoms with Gasteiger partial charge in [-0.2, -0.15) is 5.10 Å². The van der Waals surface area contributed by atoms with Gasteiger partial charge in [-0.3, -0.25) is 4.68 Å². The minimum atomic E-state index is -3.06. The van der Waals surface area contributed by atoms with E-state index in [1.165, 1.54) is 17.5 Å². The maximum absolute atomic E-state index is 11.7. The van der Waals surface area contributed by atoms with E-state index in [0.717, 1.165) is 19.3 Å². The Morgan fingerprint density at radius 1 is 1.53 bits per heavy atom. The summed E-state index contributed by atoms with van der Waals surface area (Å²) in [4.78, 5) is 0. The molecule has 1 N–H and O–H groups in total. The Bertz CT molecular complexity index is 560. The maximum Gasteiger partial charge on any atom is 0.153 e. The summed E-state index contributed by atoms with van der Waals surface area (Å²) in [7, 11) is -1.10. The van der Waals surface area contributed by atoms with E-state index in [1.54, 1.807) is 13.8 Å². The molecule has 108 valence electrons. The molecule has 0 fully saturated rings. The van der Waals surface area contributed by atoms with Gasteiger partial charge < -0.3 is 5.32 Å². The Morgan fingerprint density at radius 2 is 2.21 bits per heavy atom. The molecule has 2 rings (SSSR count). The minimum Gasteiger partial charge on any atom is -0.308 e. The Balaban J connectivity index is 2.10. The number of hydrogen-bond donors (Lipinski definition) is 1. The lowest BCUT2D eigenvalue weighted by molar-refractivity contribution is 0.425. The average molecular weight is 285 g/mol. The summed E-state index contributed by atoms with van der Waals surface area (Å²) in [5.41, 5.74) is 2.49. The van der Waals surface area contributed by atoms with E-state index >= 15 is 0 Å². The summed E-state index contributed by atoms with van der Waals surface area (Å²) < 4.78 is 24.6. The second kappa shape index (κ2) is 4.90. The zero-order chi connectivity index (χ0) is 14.3. The summed E-state index contributed by atoms with van der Waals surface area (Å²) >= 11 is 0. The monoisotopic (exact) mass is 285 g/mol. The maximum atomic E-state index is 11.7. The largest absolute Gasteiger partial charge is 0.308 e. The first kappa shape index (κ1) is 14.5. The van der Waals surface area contributed by atoms with Crippen LogP contribution in [0.15, 0.2) is 6.20 Å². The normalized spacial score (nSPS) is 20.3. The fourth-order valence-corrected chi connectivity index (χ4v) is 2.76. The van der Waals surface area contributed by atoms with Crippen LogP contribution in [0.4, 0.5) is 0 Å². The van der Waals surface area contributed by atoms with Gasteiger partial charge in [0.2, 0.25) is 0 Å². The summed E-state index contributed by atoms with van der Waals surface area (Å²) in [5.74, 6) is 0. The highest BCUT2D eigenvalue weighted by Crippen LogP contribution is 2.29. The van der Waals surface area contributed by atoms with Gasteiger partial charge in [0, 0.05) is 37.1 Å². The van der Waals surface area contributed by atoms with Crippen LogP contribution in [0.2, 0.25) is 0 Å². The standard InChI is InChI=1S/C13H23N3O2S/c1-13(2,19(4,17)18)9-14-11-6-5-7-12-10(11)8-15-16(12)3/h8,11,14H,5-7,9H2,1-4H3. The van der Waals surface area contributed by atoms with Crippen LogP contribution in [-0.2, 0) is 23.3 Å². The molecule has 19 heavy (non-hydrogen) atoms. The topological polar surface area (TPSA) is 64.0 Å². The van der Waals surface area contributed by atoms with E-state index < -0.39 is 14.6 Å². The molecule has 0 bridgehead atoms. The van der Waals surface area contributed by atoms with Crippen LogP contribution in [0.1, 0.15) is 44.0 Å². The molecule has 0 spiro atoms. The Hall–Kier alpha value is -0.880. The van der Waals surface area contributed by atoms with Gasteiger partial charge in [-0.15, -0.1) is 0 Å². The molecule has 1 aromatic heterocycles. The van der Waals surface area contributed by atoms with Gasteiger partial charge in [0.25, 0.3) is 0 Å². The van der Waals surface area contributed by atoms with Gasteiger partial charge in [-0.1, -0.05) is 0 Å². The van der Waals surface area contributed by atoms with Crippen molar-refractivity contribution in [2.75, 3.05) is 12.8 Å². The Morgan fingerprint density at radius 3 is 2.84 bits per heavy atom. The third-order valence-corrected chi connectivity index (χ3v) is 6.31. The van der Waals surface area contributed by atoms with E-state index in [1.807, 2.05) is 17.9 Å². The van der Waals surface area contributed by atoms with E-state index in [9.17, 15) is 8.42 Å². The molecule has 6 heteroatoms. The van der Waals surface area contributed by atoms with Crippen molar-refractivity contribution in [2.24, 2.45) is 7.05 Å². The van der Waals surface area contributed by atoms with E-state index in [2.05, 4.69) is 10.4 Å². The quantitative estimate of drug-likeness (QED) is 0.903. The molecule has 1 aliphatic carbocycles. The van der Waals surface area contributed by atoms with Crippen LogP contribution in [0.5, 0.6) is 0 Å². The zero-order valence-electron chi connectivity index (χ0n) is 12.1. The summed E-state index contributed by atoms with van der Waals surface area (Å²) in [6, 6.07) is 0.221. The third-order valence-electron chi connectivity index (χ3n) is 4.15. The number of aryl methyl sites for hydroxylation is 1. The van der Waals surface area contributed by atoms with Crippen molar-refractivity contribution in [1.29, 1.82) is 0 Å². The van der Waals surface area contributed by atoms with E-state index in [-0.39, 0.29) is 6.04 Å². The second-order valence-electron chi connectivity index (χ2n) is 6.03. The number of hydrogen-bond acceptors (Lipinski definition) is 4. The first-order valence-electron chi connectivity index (χ1n) is 6.66. The zero-order valence-corrected chi connectivity index (χ0v) is 12.9. The average Bonchev–Trinajstić information content (AvgIpc) is 2.68. The molecular weight excluding hydrogens is 262 g/mol. The van der Waals surface area contributed by atoms with Gasteiger partial charge in [0.05, 0.1) is 10.9 Å². The minimum absolute atomic E-state index is 0.221. The SMILES string of the molecule is Cn1ncc2c1CCCC2NCC(C)(C)S(C)(=O)=O. The van der Waals surface area contributed by atoms with Gasteiger partial charge in [0.1, 0.15) is 0 Å². The lowest BCUT2D eigenvalue weighted by atomic mass is 9.92. The summed E-state index contributed by atoms with van der Waals surface area (Å²) in [6.45, 7) is 4.00. The van der Waals surface area contributed by atoms with Crippen molar-refractivity contribution in [3.05, 3.63) is 17.5 Å². The first-order chi connectivity index (χ1) is 8.72. The number of rotatable bonds is 4. The highest BCUT2D eigenvalue weighted by atomic mass is 32.2. The molecule has 1 heterocycles. The lowest BCUT2D eigenvalue weighted by Crippen LogP contribution is -2.43. The molecule has 0 radical (unpaired) electrons. The molecule has 0 saturated heterocycles. The predicted octanol–water partition coefficient (Wildman–Crippen LogP) is 1.21. The Labute approximate surface area is 115 Å². The molecule has 0 aliphatic heterocycles. The van der Waals surface area contributed by atoms with Gasteiger partial charge in [-0.05, 0) is 33.1 Å². The summed E-state index contributed by atoms with van der Waals surface area (Å²) in [5, 5.41) is 7.71. The fraction of sp³-hybridized carbons (Fsp3) is 0.769. The molecule has 0 aromatic carbocycles. The number of nitrogens with one attached hydrogen (secondary N) is 1. The molecular formula is C13H23N3O2S. The molecule has 0 amide bonds. The third kappa shape index (κ3) is 2.84. The highest BCUT2D eigenvalue weighted by Gasteiger charge is 2.32. The number of sulfone groups is 1. The van der Waals surface area contributed by atoms with E-state index in [4.69, 9.17) is 0 Å². The number of nitrogens with zero attached hydrogens (tertiary/aromatic N) is 2. The molecule has 1 atom stereocenters. The van der Waals surface area contributed by atoms with Crippen LogP contribution in [0, 0.1) is 0 Å². The van der Waals surface area contributed by atoms with Crippen molar-refractivity contribution >= 4 is 9.84 Å².